The summed E-state index contributed by atoms with van der Waals surface area (Å²) in [7, 11) is 1.41. The number of amides is 1. The number of rotatable bonds is 4. The maximum atomic E-state index is 12.7. The van der Waals surface area contributed by atoms with Crippen LogP contribution in [0.2, 0.25) is 0 Å². The van der Waals surface area contributed by atoms with Crippen molar-refractivity contribution in [2.45, 2.75) is 32.7 Å². The summed E-state index contributed by atoms with van der Waals surface area (Å²) >= 11 is 0. The van der Waals surface area contributed by atoms with Crippen molar-refractivity contribution in [3.8, 4) is 0 Å². The minimum Gasteiger partial charge on any atom is -0.469 e. The third-order valence-electron chi connectivity index (χ3n) is 4.41. The Kier molecular flexibility index (Phi) is 5.22. The molecule has 1 N–H and O–H groups in total. The third kappa shape index (κ3) is 3.74. The van der Waals surface area contributed by atoms with E-state index in [4.69, 9.17) is 4.74 Å². The van der Waals surface area contributed by atoms with E-state index in [1.165, 1.54) is 7.11 Å². The Balaban J connectivity index is 1.99. The van der Waals surface area contributed by atoms with E-state index in [2.05, 4.69) is 10.2 Å². The van der Waals surface area contributed by atoms with Crippen LogP contribution in [0.15, 0.2) is 0 Å². The Labute approximate surface area is 126 Å². The molecule has 0 saturated carbocycles. The molecule has 6 heteroatoms. The molecule has 1 atom stereocenters. The van der Waals surface area contributed by atoms with Crippen LogP contribution >= 0.6 is 0 Å². The zero-order chi connectivity index (χ0) is 15.5. The van der Waals surface area contributed by atoms with Gasteiger partial charge in [0, 0.05) is 32.7 Å². The van der Waals surface area contributed by atoms with Gasteiger partial charge in [0.1, 0.15) is 0 Å². The molecule has 0 aromatic heterocycles. The summed E-state index contributed by atoms with van der Waals surface area (Å²) in [6.45, 7) is 8.50. The first-order valence-corrected chi connectivity index (χ1v) is 7.77. The normalized spacial score (nSPS) is 24.1. The molecule has 0 spiro atoms. The fraction of sp³-hybridized carbons (Fsp3) is 0.867. The van der Waals surface area contributed by atoms with E-state index in [1.54, 1.807) is 0 Å². The number of carbonyl (C=O) groups is 2. The lowest BCUT2D eigenvalue weighted by Gasteiger charge is -2.35. The second-order valence-corrected chi connectivity index (χ2v) is 6.58. The zero-order valence-electron chi connectivity index (χ0n) is 13.4. The topological polar surface area (TPSA) is 61.9 Å². The highest BCUT2D eigenvalue weighted by atomic mass is 16.5. The zero-order valence-corrected chi connectivity index (χ0v) is 13.4. The van der Waals surface area contributed by atoms with E-state index in [9.17, 15) is 9.59 Å². The van der Waals surface area contributed by atoms with Crippen molar-refractivity contribution < 1.29 is 14.3 Å². The Morgan fingerprint density at radius 2 is 1.90 bits per heavy atom. The molecule has 2 saturated heterocycles. The summed E-state index contributed by atoms with van der Waals surface area (Å²) in [6, 6.07) is -0.0768. The van der Waals surface area contributed by atoms with E-state index < -0.39 is 5.41 Å². The smallest absolute Gasteiger partial charge is 0.312 e. The molecule has 1 amide bonds. The summed E-state index contributed by atoms with van der Waals surface area (Å²) in [5.74, 6) is -0.00237. The molecule has 0 aliphatic carbocycles. The minimum atomic E-state index is -0.582. The summed E-state index contributed by atoms with van der Waals surface area (Å²) in [4.78, 5) is 28.6. The van der Waals surface area contributed by atoms with Crippen LogP contribution in [0.5, 0.6) is 0 Å². The fourth-order valence-corrected chi connectivity index (χ4v) is 3.24. The number of carbonyl (C=O) groups excluding carboxylic acids is 2. The van der Waals surface area contributed by atoms with E-state index in [1.807, 2.05) is 18.7 Å². The van der Waals surface area contributed by atoms with Crippen LogP contribution in [0, 0.1) is 5.41 Å². The molecule has 2 heterocycles. The van der Waals surface area contributed by atoms with Crippen LogP contribution in [0.1, 0.15) is 26.7 Å². The molecule has 2 rings (SSSR count). The number of hydrogen-bond acceptors (Lipinski definition) is 5. The molecule has 0 aromatic carbocycles. The van der Waals surface area contributed by atoms with Crippen LogP contribution in [-0.2, 0) is 14.3 Å². The van der Waals surface area contributed by atoms with Gasteiger partial charge >= 0.3 is 5.97 Å². The first-order chi connectivity index (χ1) is 9.95. The molecule has 21 heavy (non-hydrogen) atoms. The molecule has 2 aliphatic rings. The molecule has 0 bridgehead atoms. The first-order valence-electron chi connectivity index (χ1n) is 7.77. The van der Waals surface area contributed by atoms with Crippen molar-refractivity contribution in [1.82, 2.24) is 15.1 Å². The lowest BCUT2D eigenvalue weighted by molar-refractivity contribution is -0.153. The number of nitrogens with zero attached hydrogens (tertiary/aromatic N) is 2. The van der Waals surface area contributed by atoms with Crippen molar-refractivity contribution in [2.75, 3.05) is 46.4 Å². The first kappa shape index (κ1) is 16.2. The maximum Gasteiger partial charge on any atom is 0.312 e. The van der Waals surface area contributed by atoms with Crippen molar-refractivity contribution in [3.63, 3.8) is 0 Å². The predicted octanol–water partition coefficient (Wildman–Crippen LogP) is 0.0818. The molecule has 2 aliphatic heterocycles. The second-order valence-electron chi connectivity index (χ2n) is 6.58. The monoisotopic (exact) mass is 297 g/mol. The highest BCUT2D eigenvalue weighted by Gasteiger charge is 2.39. The third-order valence-corrected chi connectivity index (χ3v) is 4.41. The molecular weight excluding hydrogens is 270 g/mol. The Morgan fingerprint density at radius 3 is 2.52 bits per heavy atom. The number of esters is 1. The summed E-state index contributed by atoms with van der Waals surface area (Å²) in [6.07, 6.45) is 1.90. The van der Waals surface area contributed by atoms with Crippen LogP contribution in [0.4, 0.5) is 0 Å². The largest absolute Gasteiger partial charge is 0.469 e. The Hall–Kier alpha value is -1.14. The van der Waals surface area contributed by atoms with Crippen molar-refractivity contribution in [1.29, 1.82) is 0 Å². The summed E-state index contributed by atoms with van der Waals surface area (Å²) in [5, 5.41) is 3.26. The Bertz CT molecular complexity index is 392. The molecule has 0 radical (unpaired) electrons. The van der Waals surface area contributed by atoms with Gasteiger partial charge in [-0.05, 0) is 33.2 Å². The summed E-state index contributed by atoms with van der Waals surface area (Å²) < 4.78 is 4.87. The van der Waals surface area contributed by atoms with Gasteiger partial charge in [-0.2, -0.15) is 0 Å². The SMILES string of the molecule is COC(=O)C(C)(C)CN1CCCC1C(=O)N1CCNCC1. The number of methoxy groups -OCH3 is 1. The van der Waals surface area contributed by atoms with Crippen molar-refractivity contribution >= 4 is 11.9 Å². The van der Waals surface area contributed by atoms with Gasteiger partial charge in [-0.25, -0.2) is 0 Å². The number of likely N-dealkylation sites (tertiary alicyclic amines) is 1. The van der Waals surface area contributed by atoms with Crippen molar-refractivity contribution in [2.24, 2.45) is 5.41 Å². The molecule has 0 aromatic rings. The van der Waals surface area contributed by atoms with Crippen LogP contribution in [-0.4, -0.2) is 74.1 Å². The van der Waals surface area contributed by atoms with Gasteiger partial charge in [0.15, 0.2) is 0 Å². The predicted molar refractivity (Wildman–Crippen MR) is 79.8 cm³/mol. The lowest BCUT2D eigenvalue weighted by atomic mass is 9.92. The second kappa shape index (κ2) is 6.75. The highest BCUT2D eigenvalue weighted by molar-refractivity contribution is 5.82. The number of nitrogens with one attached hydrogen (secondary N) is 1. The van der Waals surface area contributed by atoms with Crippen molar-refractivity contribution in [3.05, 3.63) is 0 Å². The number of hydrogen-bond donors (Lipinski definition) is 1. The van der Waals surface area contributed by atoms with Gasteiger partial charge in [-0.1, -0.05) is 0 Å². The van der Waals surface area contributed by atoms with Crippen LogP contribution < -0.4 is 5.32 Å². The van der Waals surface area contributed by atoms with E-state index in [0.29, 0.717) is 6.54 Å². The van der Waals surface area contributed by atoms with Gasteiger partial charge in [-0.3, -0.25) is 14.5 Å². The van der Waals surface area contributed by atoms with Gasteiger partial charge in [0.2, 0.25) is 5.91 Å². The molecular formula is C15H27N3O3. The molecule has 6 nitrogen and oxygen atoms in total. The Morgan fingerprint density at radius 1 is 1.24 bits per heavy atom. The average molecular weight is 297 g/mol. The minimum absolute atomic E-state index is 0.0768. The molecule has 120 valence electrons. The van der Waals surface area contributed by atoms with Gasteiger partial charge < -0.3 is 15.0 Å². The van der Waals surface area contributed by atoms with Gasteiger partial charge in [0.05, 0.1) is 18.6 Å². The lowest BCUT2D eigenvalue weighted by Crippen LogP contribution is -2.54. The van der Waals surface area contributed by atoms with Crippen LogP contribution in [0.25, 0.3) is 0 Å². The quantitative estimate of drug-likeness (QED) is 0.745. The summed E-state index contributed by atoms with van der Waals surface area (Å²) in [5.41, 5.74) is -0.582. The van der Waals surface area contributed by atoms with Gasteiger partial charge in [0.25, 0.3) is 0 Å². The van der Waals surface area contributed by atoms with E-state index >= 15 is 0 Å². The molecule has 2 fully saturated rings. The van der Waals surface area contributed by atoms with Crippen LogP contribution in [0.3, 0.4) is 0 Å². The maximum absolute atomic E-state index is 12.7. The van der Waals surface area contributed by atoms with Gasteiger partial charge in [-0.15, -0.1) is 0 Å². The fourth-order valence-electron chi connectivity index (χ4n) is 3.24. The molecule has 1 unspecified atom stereocenters. The standard InChI is InChI=1S/C15H27N3O3/c1-15(2,14(20)21-3)11-18-8-4-5-12(18)13(19)17-9-6-16-7-10-17/h12,16H,4-11H2,1-3H3. The van der Waals surface area contributed by atoms with E-state index in [0.717, 1.165) is 45.6 Å². The highest BCUT2D eigenvalue weighted by Crippen LogP contribution is 2.26. The number of ether oxygens (including phenoxy) is 1. The number of piperazine rings is 1. The average Bonchev–Trinajstić information content (AvgIpc) is 2.93. The van der Waals surface area contributed by atoms with E-state index in [-0.39, 0.29) is 17.9 Å².